The normalized spacial score (nSPS) is 17.4. The van der Waals surface area contributed by atoms with Gasteiger partial charge < -0.3 is 20.6 Å². The molecule has 0 amide bonds. The number of rotatable bonds is 4. The summed E-state index contributed by atoms with van der Waals surface area (Å²) in [5, 5.41) is 16.4. The van der Waals surface area contributed by atoms with Gasteiger partial charge in [0, 0.05) is 33.9 Å². The van der Waals surface area contributed by atoms with Crippen molar-refractivity contribution < 1.29 is 9.94 Å². The maximum atomic E-state index is 8.94. The number of ether oxygens (including phenoxy) is 1. The summed E-state index contributed by atoms with van der Waals surface area (Å²) in [5.74, 6) is 1.58. The van der Waals surface area contributed by atoms with Gasteiger partial charge in [-0.15, -0.1) is 0 Å². The highest BCUT2D eigenvalue weighted by atomic mass is 16.5. The summed E-state index contributed by atoms with van der Waals surface area (Å²) in [7, 11) is 3.89. The van der Waals surface area contributed by atoms with E-state index in [0.29, 0.717) is 11.5 Å². The Morgan fingerprint density at radius 1 is 1.55 bits per heavy atom. The molecule has 0 radical (unpaired) electrons. The lowest BCUT2D eigenvalue weighted by molar-refractivity contribution is 0.0684. The molecule has 2 rings (SSSR count). The van der Waals surface area contributed by atoms with E-state index in [1.165, 1.54) is 0 Å². The predicted octanol–water partition coefficient (Wildman–Crippen LogP) is 0.686. The van der Waals surface area contributed by atoms with Gasteiger partial charge in [-0.05, 0) is 25.7 Å². The largest absolute Gasteiger partial charge is 0.409 e. The van der Waals surface area contributed by atoms with E-state index in [1.807, 2.05) is 21.0 Å². The monoisotopic (exact) mass is 281 g/mol. The van der Waals surface area contributed by atoms with Crippen LogP contribution >= 0.6 is 0 Å². The third-order valence-corrected chi connectivity index (χ3v) is 3.79. The highest BCUT2D eigenvalue weighted by Crippen LogP contribution is 2.25. The molecule has 1 saturated heterocycles. The number of anilines is 1. The van der Waals surface area contributed by atoms with Gasteiger partial charge in [0.1, 0.15) is 5.82 Å². The zero-order chi connectivity index (χ0) is 14.7. The second kappa shape index (κ2) is 6.13. The molecule has 0 bridgehead atoms. The second-order valence-electron chi connectivity index (χ2n) is 5.33. The van der Waals surface area contributed by atoms with E-state index >= 15 is 0 Å². The Morgan fingerprint density at radius 2 is 2.20 bits per heavy atom. The molecule has 1 aliphatic rings. The molecule has 1 aliphatic heterocycles. The van der Waals surface area contributed by atoms with Gasteiger partial charge in [-0.25, -0.2) is 0 Å². The lowest BCUT2D eigenvalue weighted by atomic mass is 10.00. The van der Waals surface area contributed by atoms with Gasteiger partial charge in [0.15, 0.2) is 5.84 Å². The van der Waals surface area contributed by atoms with Gasteiger partial charge in [0.05, 0.1) is 11.3 Å². The van der Waals surface area contributed by atoms with Gasteiger partial charge in [-0.3, -0.25) is 4.68 Å². The number of nitrogens with two attached hydrogens (primary N) is 1. The van der Waals surface area contributed by atoms with Crippen LogP contribution in [0.1, 0.15) is 24.1 Å². The molecule has 1 aromatic rings. The molecule has 7 nitrogen and oxygen atoms in total. The molecule has 0 spiro atoms. The average molecular weight is 281 g/mol. The van der Waals surface area contributed by atoms with Crippen LogP contribution in [0, 0.1) is 12.8 Å². The van der Waals surface area contributed by atoms with Gasteiger partial charge >= 0.3 is 0 Å². The third-order valence-electron chi connectivity index (χ3n) is 3.79. The van der Waals surface area contributed by atoms with Crippen molar-refractivity contribution in [3.05, 3.63) is 11.3 Å². The Bertz CT molecular complexity index is 491. The van der Waals surface area contributed by atoms with Gasteiger partial charge in [-0.2, -0.15) is 5.10 Å². The van der Waals surface area contributed by atoms with E-state index in [-0.39, 0.29) is 5.84 Å². The van der Waals surface area contributed by atoms with Gasteiger partial charge in [0.2, 0.25) is 0 Å². The van der Waals surface area contributed by atoms with Crippen molar-refractivity contribution in [1.82, 2.24) is 9.78 Å². The van der Waals surface area contributed by atoms with Crippen molar-refractivity contribution in [3.8, 4) is 0 Å². The van der Waals surface area contributed by atoms with E-state index in [1.54, 1.807) is 4.68 Å². The molecule has 20 heavy (non-hydrogen) atoms. The van der Waals surface area contributed by atoms with E-state index < -0.39 is 0 Å². The molecular formula is C13H23N5O2. The highest BCUT2D eigenvalue weighted by Gasteiger charge is 2.23. The molecule has 0 aliphatic carbocycles. The quantitative estimate of drug-likeness (QED) is 0.367. The number of aromatic nitrogens is 2. The van der Waals surface area contributed by atoms with Crippen LogP contribution in [0.2, 0.25) is 0 Å². The molecular weight excluding hydrogens is 258 g/mol. The zero-order valence-electron chi connectivity index (χ0n) is 12.3. The molecule has 112 valence electrons. The van der Waals surface area contributed by atoms with E-state index in [9.17, 15) is 0 Å². The van der Waals surface area contributed by atoms with Gasteiger partial charge in [0.25, 0.3) is 0 Å². The summed E-state index contributed by atoms with van der Waals surface area (Å²) in [5.41, 5.74) is 7.24. The minimum Gasteiger partial charge on any atom is -0.409 e. The van der Waals surface area contributed by atoms with Crippen LogP contribution in [0.4, 0.5) is 5.82 Å². The SMILES string of the molecule is Cc1nn(C)c(N(C)CC2CCOCC2)c1C(N)=NO. The van der Waals surface area contributed by atoms with Crippen molar-refractivity contribution in [1.29, 1.82) is 0 Å². The molecule has 0 atom stereocenters. The van der Waals surface area contributed by atoms with Crippen molar-refractivity contribution in [2.24, 2.45) is 23.9 Å². The van der Waals surface area contributed by atoms with Crippen LogP contribution < -0.4 is 10.6 Å². The van der Waals surface area contributed by atoms with Crippen LogP contribution in [-0.4, -0.2) is 47.6 Å². The number of hydrogen-bond donors (Lipinski definition) is 2. The van der Waals surface area contributed by atoms with E-state index in [0.717, 1.165) is 44.1 Å². The maximum absolute atomic E-state index is 8.94. The number of amidine groups is 1. The van der Waals surface area contributed by atoms with Crippen LogP contribution in [0.25, 0.3) is 0 Å². The summed E-state index contributed by atoms with van der Waals surface area (Å²) in [6.07, 6.45) is 2.14. The van der Waals surface area contributed by atoms with Gasteiger partial charge in [-0.1, -0.05) is 5.16 Å². The number of aryl methyl sites for hydroxylation is 2. The Morgan fingerprint density at radius 3 is 2.80 bits per heavy atom. The van der Waals surface area contributed by atoms with E-state index in [4.69, 9.17) is 15.7 Å². The highest BCUT2D eigenvalue weighted by molar-refractivity contribution is 6.02. The Labute approximate surface area is 119 Å². The van der Waals surface area contributed by atoms with E-state index in [2.05, 4.69) is 15.2 Å². The zero-order valence-corrected chi connectivity index (χ0v) is 12.3. The maximum Gasteiger partial charge on any atom is 0.175 e. The summed E-state index contributed by atoms with van der Waals surface area (Å²) in [6, 6.07) is 0. The fraction of sp³-hybridized carbons (Fsp3) is 0.692. The van der Waals surface area contributed by atoms with Crippen molar-refractivity contribution in [2.75, 3.05) is 31.7 Å². The van der Waals surface area contributed by atoms with Crippen LogP contribution in [-0.2, 0) is 11.8 Å². The Balaban J connectivity index is 2.22. The first kappa shape index (κ1) is 14.6. The molecule has 1 fully saturated rings. The first-order valence-electron chi connectivity index (χ1n) is 6.85. The molecule has 3 N–H and O–H groups in total. The summed E-state index contributed by atoms with van der Waals surface area (Å²) < 4.78 is 7.17. The lowest BCUT2D eigenvalue weighted by Crippen LogP contribution is -2.32. The molecule has 1 aromatic heterocycles. The Kier molecular flexibility index (Phi) is 4.49. The smallest absolute Gasteiger partial charge is 0.175 e. The fourth-order valence-corrected chi connectivity index (χ4v) is 2.84. The van der Waals surface area contributed by atoms with Crippen molar-refractivity contribution in [2.45, 2.75) is 19.8 Å². The van der Waals surface area contributed by atoms with Crippen molar-refractivity contribution in [3.63, 3.8) is 0 Å². The van der Waals surface area contributed by atoms with Crippen LogP contribution in [0.5, 0.6) is 0 Å². The molecule has 2 heterocycles. The van der Waals surface area contributed by atoms with Crippen molar-refractivity contribution >= 4 is 11.7 Å². The topological polar surface area (TPSA) is 88.9 Å². The standard InChI is InChI=1S/C13H23N5O2/c1-9-11(12(14)16-19)13(18(3)15-9)17(2)8-10-4-6-20-7-5-10/h10,19H,4-8H2,1-3H3,(H2,14,16). The summed E-state index contributed by atoms with van der Waals surface area (Å²) in [4.78, 5) is 2.13. The first-order chi connectivity index (χ1) is 9.54. The number of nitrogens with zero attached hydrogens (tertiary/aromatic N) is 4. The van der Waals surface area contributed by atoms with Crippen LogP contribution in [0.15, 0.2) is 5.16 Å². The average Bonchev–Trinajstić information content (AvgIpc) is 2.73. The second-order valence-corrected chi connectivity index (χ2v) is 5.33. The minimum absolute atomic E-state index is 0.101. The molecule has 0 unspecified atom stereocenters. The molecule has 7 heteroatoms. The molecule has 0 aromatic carbocycles. The Hall–Kier alpha value is -1.76. The predicted molar refractivity (Wildman–Crippen MR) is 77.3 cm³/mol. The first-order valence-corrected chi connectivity index (χ1v) is 6.85. The third kappa shape index (κ3) is 2.87. The number of hydrogen-bond acceptors (Lipinski definition) is 5. The number of oxime groups is 1. The van der Waals surface area contributed by atoms with Crippen LogP contribution in [0.3, 0.4) is 0 Å². The summed E-state index contributed by atoms with van der Waals surface area (Å²) >= 11 is 0. The minimum atomic E-state index is 0.101. The summed E-state index contributed by atoms with van der Waals surface area (Å²) in [6.45, 7) is 4.43. The molecule has 0 saturated carbocycles. The lowest BCUT2D eigenvalue weighted by Gasteiger charge is -2.28. The fourth-order valence-electron chi connectivity index (χ4n) is 2.84.